The van der Waals surface area contributed by atoms with E-state index in [2.05, 4.69) is 60.8 Å². The van der Waals surface area contributed by atoms with E-state index in [1.165, 1.54) is 44.9 Å². The van der Waals surface area contributed by atoms with Gasteiger partial charge in [0.1, 0.15) is 12.1 Å². The predicted molar refractivity (Wildman–Crippen MR) is 202 cm³/mol. The Balaban J connectivity index is 3.68. The summed E-state index contributed by atoms with van der Waals surface area (Å²) in [6, 6.07) is -1.07. The van der Waals surface area contributed by atoms with E-state index in [0.717, 1.165) is 70.6 Å². The lowest BCUT2D eigenvalue weighted by atomic mass is 10.1. The SMILES string of the molecule is CCCCCC=CCC=CCCCCCCCC(=O)OC(C)C=CCC=CCC=CCCCCCCCC(=O)NC(CCC(N)=O)C(=O)O. The maximum Gasteiger partial charge on any atom is 0.326 e. The van der Waals surface area contributed by atoms with Crippen molar-refractivity contribution in [1.82, 2.24) is 5.32 Å². The van der Waals surface area contributed by atoms with Crippen molar-refractivity contribution in [3.8, 4) is 0 Å². The number of allylic oxidation sites excluding steroid dienone is 9. The molecule has 8 nitrogen and oxygen atoms in total. The summed E-state index contributed by atoms with van der Waals surface area (Å²) in [5.74, 6) is -2.16. The number of amides is 2. The van der Waals surface area contributed by atoms with Crippen LogP contribution in [0.5, 0.6) is 0 Å². The largest absolute Gasteiger partial charge is 0.480 e. The molecule has 0 radical (unpaired) electrons. The first-order chi connectivity index (χ1) is 23.8. The standard InChI is InChI=1S/C41H68N2O6/c1-3-4-5-6-7-8-9-10-11-15-18-21-24-27-30-33-40(46)49-36(2)31-28-25-22-19-16-13-12-14-17-20-23-26-29-32-39(45)43-37(41(47)48)34-35-38(42)44/h7-8,10-13,19,22,28,31,36-37H,3-6,9,14-18,20-21,23-27,29-30,32-35H2,1-2H3,(H2,42,44)(H,43,45)(H,47,48). The Bertz CT molecular complexity index is 1010. The fourth-order valence-electron chi connectivity index (χ4n) is 5.11. The van der Waals surface area contributed by atoms with Crippen LogP contribution in [0, 0.1) is 0 Å². The average Bonchev–Trinajstić information content (AvgIpc) is 3.06. The highest BCUT2D eigenvalue weighted by Crippen LogP contribution is 2.11. The van der Waals surface area contributed by atoms with Crippen LogP contribution in [0.1, 0.15) is 162 Å². The molecular weight excluding hydrogens is 616 g/mol. The molecule has 0 fully saturated rings. The van der Waals surface area contributed by atoms with Crippen molar-refractivity contribution in [3.05, 3.63) is 60.8 Å². The van der Waals surface area contributed by atoms with Crippen molar-refractivity contribution in [2.75, 3.05) is 0 Å². The number of nitrogens with one attached hydrogen (secondary N) is 1. The van der Waals surface area contributed by atoms with Crippen LogP contribution in [-0.2, 0) is 23.9 Å². The normalized spacial score (nSPS) is 13.3. The van der Waals surface area contributed by atoms with Crippen molar-refractivity contribution in [2.45, 2.75) is 174 Å². The molecule has 278 valence electrons. The third-order valence-corrected chi connectivity index (χ3v) is 8.02. The fraction of sp³-hybridized carbons (Fsp3) is 0.659. The minimum atomic E-state index is -1.16. The molecule has 2 unspecified atom stereocenters. The Morgan fingerprint density at radius 1 is 0.633 bits per heavy atom. The Kier molecular flexibility index (Phi) is 32.0. The summed E-state index contributed by atoms with van der Waals surface area (Å²) >= 11 is 0. The Morgan fingerprint density at radius 2 is 1.10 bits per heavy atom. The number of primary amides is 1. The van der Waals surface area contributed by atoms with Crippen molar-refractivity contribution in [2.24, 2.45) is 5.73 Å². The molecule has 0 bridgehead atoms. The molecule has 0 aliphatic rings. The third-order valence-electron chi connectivity index (χ3n) is 8.02. The zero-order chi connectivity index (χ0) is 36.2. The van der Waals surface area contributed by atoms with Gasteiger partial charge in [-0.15, -0.1) is 0 Å². The summed E-state index contributed by atoms with van der Waals surface area (Å²) in [5.41, 5.74) is 5.05. The van der Waals surface area contributed by atoms with Gasteiger partial charge in [0.2, 0.25) is 11.8 Å². The van der Waals surface area contributed by atoms with Gasteiger partial charge >= 0.3 is 11.9 Å². The summed E-state index contributed by atoms with van der Waals surface area (Å²) in [6.07, 6.45) is 42.6. The number of rotatable bonds is 33. The van der Waals surface area contributed by atoms with Crippen LogP contribution < -0.4 is 11.1 Å². The molecule has 4 N–H and O–H groups in total. The number of nitrogens with two attached hydrogens (primary N) is 1. The lowest BCUT2D eigenvalue weighted by Crippen LogP contribution is -2.41. The van der Waals surface area contributed by atoms with Gasteiger partial charge < -0.3 is 20.9 Å². The zero-order valence-corrected chi connectivity index (χ0v) is 30.8. The summed E-state index contributed by atoms with van der Waals surface area (Å²) in [5, 5.41) is 11.6. The quantitative estimate of drug-likeness (QED) is 0.0358. The second-order valence-corrected chi connectivity index (χ2v) is 12.8. The van der Waals surface area contributed by atoms with Crippen molar-refractivity contribution in [1.29, 1.82) is 0 Å². The summed E-state index contributed by atoms with van der Waals surface area (Å²) < 4.78 is 5.50. The van der Waals surface area contributed by atoms with Gasteiger partial charge in [0.25, 0.3) is 0 Å². The van der Waals surface area contributed by atoms with E-state index < -0.39 is 17.9 Å². The molecule has 0 saturated carbocycles. The monoisotopic (exact) mass is 685 g/mol. The molecule has 0 aliphatic heterocycles. The van der Waals surface area contributed by atoms with Crippen LogP contribution in [-0.4, -0.2) is 41.0 Å². The van der Waals surface area contributed by atoms with Crippen LogP contribution >= 0.6 is 0 Å². The van der Waals surface area contributed by atoms with Crippen molar-refractivity contribution < 1.29 is 29.0 Å². The van der Waals surface area contributed by atoms with E-state index in [1.807, 2.05) is 19.1 Å². The summed E-state index contributed by atoms with van der Waals surface area (Å²) in [4.78, 5) is 46.1. The minimum absolute atomic E-state index is 0.00628. The molecule has 0 rings (SSSR count). The van der Waals surface area contributed by atoms with Gasteiger partial charge in [0.15, 0.2) is 0 Å². The predicted octanol–water partition coefficient (Wildman–Crippen LogP) is 9.75. The number of esters is 1. The molecule has 8 heteroatoms. The number of carbonyl (C=O) groups is 4. The number of carboxylic acids is 1. The van der Waals surface area contributed by atoms with Crippen molar-refractivity contribution in [3.63, 3.8) is 0 Å². The van der Waals surface area contributed by atoms with Gasteiger partial charge in [-0.2, -0.15) is 0 Å². The van der Waals surface area contributed by atoms with Gasteiger partial charge in [0.05, 0.1) is 0 Å². The first-order valence-electron chi connectivity index (χ1n) is 19.0. The van der Waals surface area contributed by atoms with E-state index in [4.69, 9.17) is 15.6 Å². The van der Waals surface area contributed by atoms with Crippen LogP contribution in [0.3, 0.4) is 0 Å². The van der Waals surface area contributed by atoms with E-state index >= 15 is 0 Å². The van der Waals surface area contributed by atoms with E-state index in [1.54, 1.807) is 0 Å². The number of carbonyl (C=O) groups excluding carboxylic acids is 3. The number of hydrogen-bond donors (Lipinski definition) is 3. The van der Waals surface area contributed by atoms with Gasteiger partial charge in [-0.1, -0.05) is 113 Å². The molecule has 0 saturated heterocycles. The summed E-state index contributed by atoms with van der Waals surface area (Å²) in [6.45, 7) is 4.14. The lowest BCUT2D eigenvalue weighted by Gasteiger charge is -2.13. The van der Waals surface area contributed by atoms with Crippen LogP contribution in [0.15, 0.2) is 60.8 Å². The fourth-order valence-corrected chi connectivity index (χ4v) is 5.11. The van der Waals surface area contributed by atoms with Gasteiger partial charge in [-0.3, -0.25) is 14.4 Å². The lowest BCUT2D eigenvalue weighted by molar-refractivity contribution is -0.146. The van der Waals surface area contributed by atoms with E-state index in [0.29, 0.717) is 12.8 Å². The Hall–Kier alpha value is -3.42. The van der Waals surface area contributed by atoms with Gasteiger partial charge in [0, 0.05) is 19.3 Å². The molecule has 0 aliphatic carbocycles. The van der Waals surface area contributed by atoms with E-state index in [9.17, 15) is 19.2 Å². The van der Waals surface area contributed by atoms with Crippen LogP contribution in [0.2, 0.25) is 0 Å². The second kappa shape index (κ2) is 34.4. The molecule has 0 aromatic heterocycles. The molecular formula is C41H68N2O6. The third kappa shape index (κ3) is 34.2. The number of aliphatic carboxylic acids is 1. The topological polar surface area (TPSA) is 136 Å². The average molecular weight is 685 g/mol. The van der Waals surface area contributed by atoms with Crippen molar-refractivity contribution >= 4 is 23.8 Å². The first-order valence-corrected chi connectivity index (χ1v) is 19.0. The maximum atomic E-state index is 12.1. The molecule has 49 heavy (non-hydrogen) atoms. The van der Waals surface area contributed by atoms with Gasteiger partial charge in [-0.25, -0.2) is 4.79 Å². The molecule has 0 aromatic carbocycles. The number of hydrogen-bond acceptors (Lipinski definition) is 5. The van der Waals surface area contributed by atoms with Gasteiger partial charge in [-0.05, 0) is 90.0 Å². The highest BCUT2D eigenvalue weighted by Gasteiger charge is 2.20. The minimum Gasteiger partial charge on any atom is -0.480 e. The highest BCUT2D eigenvalue weighted by atomic mass is 16.5. The Labute approximate surface area is 297 Å². The molecule has 0 spiro atoms. The summed E-state index contributed by atoms with van der Waals surface area (Å²) in [7, 11) is 0. The van der Waals surface area contributed by atoms with E-state index in [-0.39, 0.29) is 37.2 Å². The van der Waals surface area contributed by atoms with Crippen LogP contribution in [0.4, 0.5) is 0 Å². The smallest absolute Gasteiger partial charge is 0.326 e. The molecule has 0 heterocycles. The number of ether oxygens (including phenoxy) is 1. The molecule has 2 atom stereocenters. The second-order valence-electron chi connectivity index (χ2n) is 12.8. The molecule has 0 aromatic rings. The zero-order valence-electron chi connectivity index (χ0n) is 30.8. The highest BCUT2D eigenvalue weighted by molar-refractivity contribution is 5.84. The van der Waals surface area contributed by atoms with Crippen LogP contribution in [0.25, 0.3) is 0 Å². The maximum absolute atomic E-state index is 12.1. The Morgan fingerprint density at radius 3 is 1.63 bits per heavy atom. The number of carboxylic acid groups (broad SMARTS) is 1. The first kappa shape index (κ1) is 45.6. The molecule has 2 amide bonds. The number of unbranched alkanes of at least 4 members (excludes halogenated alkanes) is 13.